The second kappa shape index (κ2) is 5.32. The average Bonchev–Trinajstić information content (AvgIpc) is 2.93. The third-order valence-corrected chi connectivity index (χ3v) is 3.91. The van der Waals surface area contributed by atoms with Crippen molar-refractivity contribution >= 4 is 0 Å². The Kier molecular flexibility index (Phi) is 3.53. The maximum absolute atomic E-state index is 14.1. The molecule has 0 bridgehead atoms. The lowest BCUT2D eigenvalue weighted by Gasteiger charge is -2.23. The van der Waals surface area contributed by atoms with Crippen LogP contribution in [-0.4, -0.2) is 22.6 Å². The van der Waals surface area contributed by atoms with Gasteiger partial charge in [0.1, 0.15) is 11.6 Å². The van der Waals surface area contributed by atoms with Gasteiger partial charge in [0.25, 0.3) is 0 Å². The van der Waals surface area contributed by atoms with E-state index in [9.17, 15) is 8.78 Å². The van der Waals surface area contributed by atoms with Crippen LogP contribution in [0.2, 0.25) is 0 Å². The molecule has 1 aliphatic heterocycles. The summed E-state index contributed by atoms with van der Waals surface area (Å²) in [6.45, 7) is 3.45. The van der Waals surface area contributed by atoms with Gasteiger partial charge in [-0.25, -0.2) is 13.8 Å². The van der Waals surface area contributed by atoms with Gasteiger partial charge in [0.05, 0.1) is 12.0 Å². The van der Waals surface area contributed by atoms with E-state index in [1.54, 1.807) is 24.0 Å². The zero-order valence-electron chi connectivity index (χ0n) is 11.4. The average molecular weight is 277 g/mol. The first kappa shape index (κ1) is 13.2. The number of hydrogen-bond acceptors (Lipinski definition) is 2. The first-order valence-corrected chi connectivity index (χ1v) is 6.86. The molecule has 2 heterocycles. The summed E-state index contributed by atoms with van der Waals surface area (Å²) >= 11 is 0. The molecule has 1 aromatic carbocycles. The fourth-order valence-corrected chi connectivity index (χ4v) is 2.75. The fraction of sp³-hybridized carbons (Fsp3) is 0.400. The van der Waals surface area contributed by atoms with Crippen molar-refractivity contribution in [2.75, 3.05) is 13.1 Å². The van der Waals surface area contributed by atoms with E-state index in [1.165, 1.54) is 12.1 Å². The lowest BCUT2D eigenvalue weighted by atomic mass is 9.95. The molecular formula is C15H17F2N3. The van der Waals surface area contributed by atoms with Gasteiger partial charge in [0, 0.05) is 23.9 Å². The van der Waals surface area contributed by atoms with Crippen LogP contribution < -0.4 is 5.32 Å². The van der Waals surface area contributed by atoms with Crippen molar-refractivity contribution in [1.82, 2.24) is 14.9 Å². The molecule has 0 aliphatic carbocycles. The maximum atomic E-state index is 14.1. The molecule has 2 aromatic rings. The summed E-state index contributed by atoms with van der Waals surface area (Å²) in [6, 6.07) is 2.48. The predicted molar refractivity (Wildman–Crippen MR) is 73.1 cm³/mol. The van der Waals surface area contributed by atoms with Crippen molar-refractivity contribution < 1.29 is 8.78 Å². The topological polar surface area (TPSA) is 29.9 Å². The Hall–Kier alpha value is -1.75. The molecule has 1 N–H and O–H groups in total. The third-order valence-electron chi connectivity index (χ3n) is 3.91. The lowest BCUT2D eigenvalue weighted by molar-refractivity contribution is 0.448. The van der Waals surface area contributed by atoms with Gasteiger partial charge in [-0.3, -0.25) is 4.57 Å². The number of imidazole rings is 1. The standard InChI is InChI=1S/C15H17F2N3/c1-10-6-13(17)14(7-12(10)16)20-9-19-8-15(20)11-2-4-18-5-3-11/h6-9,11,18H,2-5H2,1H3. The Morgan fingerprint density at radius 1 is 1.20 bits per heavy atom. The second-order valence-electron chi connectivity index (χ2n) is 5.27. The van der Waals surface area contributed by atoms with Gasteiger partial charge in [-0.05, 0) is 44.5 Å². The molecule has 0 spiro atoms. The van der Waals surface area contributed by atoms with E-state index < -0.39 is 11.6 Å². The van der Waals surface area contributed by atoms with Crippen molar-refractivity contribution in [2.45, 2.75) is 25.7 Å². The molecular weight excluding hydrogens is 260 g/mol. The number of benzene rings is 1. The van der Waals surface area contributed by atoms with Gasteiger partial charge in [-0.15, -0.1) is 0 Å². The number of halogens is 2. The zero-order chi connectivity index (χ0) is 14.1. The normalized spacial score (nSPS) is 16.6. The molecule has 0 amide bonds. The van der Waals surface area contributed by atoms with Gasteiger partial charge in [-0.1, -0.05) is 0 Å². The molecule has 0 atom stereocenters. The van der Waals surface area contributed by atoms with Crippen LogP contribution in [0.25, 0.3) is 5.69 Å². The van der Waals surface area contributed by atoms with Crippen LogP contribution in [0.15, 0.2) is 24.7 Å². The van der Waals surface area contributed by atoms with E-state index >= 15 is 0 Å². The first-order chi connectivity index (χ1) is 9.66. The van der Waals surface area contributed by atoms with Gasteiger partial charge >= 0.3 is 0 Å². The minimum atomic E-state index is -0.419. The molecule has 106 valence electrons. The highest BCUT2D eigenvalue weighted by molar-refractivity contribution is 5.39. The zero-order valence-corrected chi connectivity index (χ0v) is 11.4. The van der Waals surface area contributed by atoms with Crippen molar-refractivity contribution in [3.8, 4) is 5.69 Å². The van der Waals surface area contributed by atoms with Gasteiger partial charge in [0.15, 0.2) is 0 Å². The van der Waals surface area contributed by atoms with Crippen molar-refractivity contribution in [2.24, 2.45) is 0 Å². The highest BCUT2D eigenvalue weighted by Gasteiger charge is 2.21. The Morgan fingerprint density at radius 2 is 1.95 bits per heavy atom. The van der Waals surface area contributed by atoms with Crippen LogP contribution in [0.5, 0.6) is 0 Å². The van der Waals surface area contributed by atoms with Crippen LogP contribution >= 0.6 is 0 Å². The number of aryl methyl sites for hydroxylation is 1. The van der Waals surface area contributed by atoms with Crippen molar-refractivity contribution in [3.63, 3.8) is 0 Å². The largest absolute Gasteiger partial charge is 0.317 e. The molecule has 3 rings (SSSR count). The van der Waals surface area contributed by atoms with Crippen LogP contribution in [0.3, 0.4) is 0 Å². The molecule has 1 fully saturated rings. The van der Waals surface area contributed by atoms with Crippen LogP contribution in [0.1, 0.15) is 30.0 Å². The number of piperidine rings is 1. The molecule has 0 radical (unpaired) electrons. The SMILES string of the molecule is Cc1cc(F)c(-n2cncc2C2CCNCC2)cc1F. The van der Waals surface area contributed by atoms with E-state index in [4.69, 9.17) is 0 Å². The van der Waals surface area contributed by atoms with E-state index in [0.717, 1.165) is 31.6 Å². The maximum Gasteiger partial charge on any atom is 0.147 e. The molecule has 0 unspecified atom stereocenters. The molecule has 0 saturated carbocycles. The summed E-state index contributed by atoms with van der Waals surface area (Å²) in [5.74, 6) is -0.481. The molecule has 1 saturated heterocycles. The smallest absolute Gasteiger partial charge is 0.147 e. The molecule has 1 aromatic heterocycles. The quantitative estimate of drug-likeness (QED) is 0.914. The van der Waals surface area contributed by atoms with Gasteiger partial charge in [0.2, 0.25) is 0 Å². The van der Waals surface area contributed by atoms with Crippen molar-refractivity contribution in [1.29, 1.82) is 0 Å². The molecule has 20 heavy (non-hydrogen) atoms. The van der Waals surface area contributed by atoms with E-state index in [0.29, 0.717) is 11.5 Å². The number of nitrogens with one attached hydrogen (secondary N) is 1. The van der Waals surface area contributed by atoms with Gasteiger partial charge in [-0.2, -0.15) is 0 Å². The minimum absolute atomic E-state index is 0.235. The highest BCUT2D eigenvalue weighted by Crippen LogP contribution is 2.28. The molecule has 5 heteroatoms. The summed E-state index contributed by atoms with van der Waals surface area (Å²) in [4.78, 5) is 4.12. The minimum Gasteiger partial charge on any atom is -0.317 e. The Morgan fingerprint density at radius 3 is 2.70 bits per heavy atom. The number of hydrogen-bond donors (Lipinski definition) is 1. The summed E-state index contributed by atoms with van der Waals surface area (Å²) < 4.78 is 29.5. The van der Waals surface area contributed by atoms with E-state index in [1.807, 2.05) is 0 Å². The Bertz CT molecular complexity index is 616. The van der Waals surface area contributed by atoms with E-state index in [-0.39, 0.29) is 5.69 Å². The van der Waals surface area contributed by atoms with Gasteiger partial charge < -0.3 is 5.32 Å². The molecule has 3 nitrogen and oxygen atoms in total. The lowest BCUT2D eigenvalue weighted by Crippen LogP contribution is -2.27. The van der Waals surface area contributed by atoms with Crippen LogP contribution in [0.4, 0.5) is 8.78 Å². The molecule has 1 aliphatic rings. The Labute approximate surface area is 116 Å². The summed E-state index contributed by atoms with van der Waals surface area (Å²) in [6.07, 6.45) is 5.29. The van der Waals surface area contributed by atoms with Crippen molar-refractivity contribution in [3.05, 3.63) is 47.5 Å². The summed E-state index contributed by atoms with van der Waals surface area (Å²) in [5.41, 5.74) is 1.50. The monoisotopic (exact) mass is 277 g/mol. The number of nitrogens with zero attached hydrogens (tertiary/aromatic N) is 2. The number of aromatic nitrogens is 2. The van der Waals surface area contributed by atoms with Crippen LogP contribution in [-0.2, 0) is 0 Å². The highest BCUT2D eigenvalue weighted by atomic mass is 19.1. The number of rotatable bonds is 2. The summed E-state index contributed by atoms with van der Waals surface area (Å²) in [7, 11) is 0. The summed E-state index contributed by atoms with van der Waals surface area (Å²) in [5, 5.41) is 3.30. The third kappa shape index (κ3) is 2.33. The van der Waals surface area contributed by atoms with Crippen LogP contribution in [0, 0.1) is 18.6 Å². The predicted octanol–water partition coefficient (Wildman–Crippen LogP) is 2.93. The Balaban J connectivity index is 2.03. The first-order valence-electron chi connectivity index (χ1n) is 6.86. The second-order valence-corrected chi connectivity index (χ2v) is 5.27. The fourth-order valence-electron chi connectivity index (χ4n) is 2.75. The van der Waals surface area contributed by atoms with E-state index in [2.05, 4.69) is 10.3 Å².